The zero-order valence-electron chi connectivity index (χ0n) is 14.9. The Morgan fingerprint density at radius 2 is 1.81 bits per heavy atom. The van der Waals surface area contributed by atoms with E-state index in [-0.39, 0.29) is 34.3 Å². The van der Waals surface area contributed by atoms with E-state index in [9.17, 15) is 4.79 Å². The van der Waals surface area contributed by atoms with E-state index < -0.39 is 0 Å². The summed E-state index contributed by atoms with van der Waals surface area (Å²) < 4.78 is 11.5. The number of ether oxygens (including phenoxy) is 2. The third-order valence-electron chi connectivity index (χ3n) is 4.80. The van der Waals surface area contributed by atoms with Gasteiger partial charge in [0.05, 0.1) is 5.92 Å². The van der Waals surface area contributed by atoms with Crippen LogP contribution in [-0.2, 0) is 16.1 Å². The molecular weight excluding hydrogens is 407 g/mol. The first kappa shape index (κ1) is 20.1. The molecule has 2 aromatic rings. The maximum absolute atomic E-state index is 12.4. The molecule has 0 N–H and O–H groups in total. The number of carbonyl (C=O) groups excluding carboxylic acids is 1. The van der Waals surface area contributed by atoms with E-state index in [1.54, 1.807) is 30.3 Å². The van der Waals surface area contributed by atoms with E-state index in [4.69, 9.17) is 44.3 Å². The van der Waals surface area contributed by atoms with Gasteiger partial charge in [-0.25, -0.2) is 0 Å². The fourth-order valence-electron chi connectivity index (χ4n) is 3.16. The first-order valence-electron chi connectivity index (χ1n) is 8.49. The number of hydrogen-bond acceptors (Lipinski definition) is 3. The van der Waals surface area contributed by atoms with Crippen LogP contribution in [0.1, 0.15) is 19.4 Å². The predicted octanol–water partition coefficient (Wildman–Crippen LogP) is 6.77. The number of benzene rings is 2. The third kappa shape index (κ3) is 4.98. The van der Waals surface area contributed by atoms with Crippen LogP contribution in [0.25, 0.3) is 0 Å². The van der Waals surface area contributed by atoms with E-state index in [0.717, 1.165) is 5.56 Å². The van der Waals surface area contributed by atoms with Crippen molar-refractivity contribution >= 4 is 40.8 Å². The Balaban J connectivity index is 1.59. The molecule has 3 rings (SSSR count). The van der Waals surface area contributed by atoms with Gasteiger partial charge in [0, 0.05) is 5.02 Å². The van der Waals surface area contributed by atoms with Crippen LogP contribution in [0.2, 0.25) is 5.02 Å². The van der Waals surface area contributed by atoms with Crippen LogP contribution in [0, 0.1) is 17.3 Å². The van der Waals surface area contributed by atoms with Crippen LogP contribution in [0.3, 0.4) is 0 Å². The normalized spacial score (nSPS) is 19.9. The van der Waals surface area contributed by atoms with Crippen molar-refractivity contribution in [3.05, 3.63) is 69.7 Å². The van der Waals surface area contributed by atoms with Crippen molar-refractivity contribution in [1.82, 2.24) is 0 Å². The van der Waals surface area contributed by atoms with Gasteiger partial charge in [-0.2, -0.15) is 0 Å². The van der Waals surface area contributed by atoms with E-state index >= 15 is 0 Å². The zero-order valence-corrected chi connectivity index (χ0v) is 17.2. The quantitative estimate of drug-likeness (QED) is 0.479. The average molecular weight is 426 g/mol. The fourth-order valence-corrected chi connectivity index (χ4v) is 3.55. The van der Waals surface area contributed by atoms with Crippen LogP contribution in [0.4, 0.5) is 0 Å². The minimum atomic E-state index is -0.250. The molecule has 0 aliphatic heterocycles. The summed E-state index contributed by atoms with van der Waals surface area (Å²) in [5, 5.41) is 0.648. The summed E-state index contributed by atoms with van der Waals surface area (Å²) in [4.78, 5) is 12.4. The number of halogens is 3. The highest BCUT2D eigenvalue weighted by Gasteiger charge is 2.61. The lowest BCUT2D eigenvalue weighted by Crippen LogP contribution is -2.10. The fraction of sp³-hybridized carbons (Fsp3) is 0.286. The number of carbonyl (C=O) groups is 1. The van der Waals surface area contributed by atoms with Gasteiger partial charge in [-0.05, 0) is 59.4 Å². The minimum absolute atomic E-state index is 0.00503. The number of allylic oxidation sites excluding steroid dienone is 1. The highest BCUT2D eigenvalue weighted by Crippen LogP contribution is 2.60. The van der Waals surface area contributed by atoms with Gasteiger partial charge >= 0.3 is 5.97 Å². The lowest BCUT2D eigenvalue weighted by Gasteiger charge is -2.09. The third-order valence-corrected chi connectivity index (χ3v) is 5.30. The van der Waals surface area contributed by atoms with Crippen molar-refractivity contribution in [2.75, 3.05) is 0 Å². The molecule has 0 amide bonds. The van der Waals surface area contributed by atoms with Gasteiger partial charge in [-0.3, -0.25) is 4.79 Å². The largest absolute Gasteiger partial charge is 0.461 e. The van der Waals surface area contributed by atoms with Crippen LogP contribution >= 0.6 is 34.8 Å². The monoisotopic (exact) mass is 424 g/mol. The highest BCUT2D eigenvalue weighted by atomic mass is 35.5. The van der Waals surface area contributed by atoms with Gasteiger partial charge < -0.3 is 9.47 Å². The SMILES string of the molecule is CC1(C)[C@@H](C=C(Cl)Cl)[C@@H]1C(=O)OCc1cccc(Oc2ccc(Cl)cc2)c1. The highest BCUT2D eigenvalue weighted by molar-refractivity contribution is 6.55. The van der Waals surface area contributed by atoms with Crippen molar-refractivity contribution in [3.8, 4) is 11.5 Å². The molecule has 0 saturated heterocycles. The van der Waals surface area contributed by atoms with Crippen LogP contribution < -0.4 is 4.74 Å². The standard InChI is InChI=1S/C21H19Cl3O3/c1-21(2)17(11-18(23)24)19(21)20(25)26-12-13-4-3-5-16(10-13)27-15-8-6-14(22)7-9-15/h3-11,17,19H,12H2,1-2H3/t17-,19+/m0/s1. The molecule has 0 spiro atoms. The Hall–Kier alpha value is -1.68. The summed E-state index contributed by atoms with van der Waals surface area (Å²) in [6.07, 6.45) is 1.70. The van der Waals surface area contributed by atoms with Gasteiger partial charge in [-0.15, -0.1) is 0 Å². The Morgan fingerprint density at radius 1 is 1.11 bits per heavy atom. The summed E-state index contributed by atoms with van der Waals surface area (Å²) in [5.74, 6) is 0.848. The molecule has 0 radical (unpaired) electrons. The lowest BCUT2D eigenvalue weighted by molar-refractivity contribution is -0.147. The lowest BCUT2D eigenvalue weighted by atomic mass is 10.1. The van der Waals surface area contributed by atoms with Crippen LogP contribution in [0.5, 0.6) is 11.5 Å². The first-order chi connectivity index (χ1) is 12.8. The Bertz CT molecular complexity index is 855. The summed E-state index contributed by atoms with van der Waals surface area (Å²) in [7, 11) is 0. The molecule has 0 heterocycles. The van der Waals surface area contributed by atoms with E-state index in [1.807, 2.05) is 38.1 Å². The molecule has 1 fully saturated rings. The molecular formula is C21H19Cl3O3. The maximum Gasteiger partial charge on any atom is 0.310 e. The molecule has 2 aromatic carbocycles. The summed E-state index contributed by atoms with van der Waals surface area (Å²) in [6.45, 7) is 4.17. The Morgan fingerprint density at radius 3 is 2.48 bits per heavy atom. The van der Waals surface area contributed by atoms with Crippen molar-refractivity contribution in [2.24, 2.45) is 17.3 Å². The molecule has 6 heteroatoms. The Labute approximate surface area is 173 Å². The van der Waals surface area contributed by atoms with E-state index in [2.05, 4.69) is 0 Å². The van der Waals surface area contributed by atoms with E-state index in [1.165, 1.54) is 0 Å². The maximum atomic E-state index is 12.4. The van der Waals surface area contributed by atoms with Gasteiger partial charge in [0.15, 0.2) is 0 Å². The Kier molecular flexibility index (Phi) is 6.05. The number of hydrogen-bond donors (Lipinski definition) is 0. The summed E-state index contributed by atoms with van der Waals surface area (Å²) in [5.41, 5.74) is 0.641. The molecule has 1 saturated carbocycles. The molecule has 27 heavy (non-hydrogen) atoms. The summed E-state index contributed by atoms with van der Waals surface area (Å²) in [6, 6.07) is 14.5. The molecule has 0 bridgehead atoms. The predicted molar refractivity (Wildman–Crippen MR) is 108 cm³/mol. The molecule has 0 unspecified atom stereocenters. The topological polar surface area (TPSA) is 35.5 Å². The molecule has 142 valence electrons. The first-order valence-corrected chi connectivity index (χ1v) is 9.62. The summed E-state index contributed by atoms with van der Waals surface area (Å²) >= 11 is 17.3. The average Bonchev–Trinajstić information content (AvgIpc) is 3.14. The molecule has 1 aliphatic rings. The zero-order chi connectivity index (χ0) is 19.6. The van der Waals surface area contributed by atoms with Gasteiger partial charge in [-0.1, -0.05) is 60.8 Å². The van der Waals surface area contributed by atoms with Crippen molar-refractivity contribution in [2.45, 2.75) is 20.5 Å². The van der Waals surface area contributed by atoms with Gasteiger partial charge in [0.1, 0.15) is 22.6 Å². The van der Waals surface area contributed by atoms with Crippen molar-refractivity contribution in [3.63, 3.8) is 0 Å². The molecule has 2 atom stereocenters. The van der Waals surface area contributed by atoms with Gasteiger partial charge in [0.2, 0.25) is 0 Å². The van der Waals surface area contributed by atoms with Crippen molar-refractivity contribution < 1.29 is 14.3 Å². The van der Waals surface area contributed by atoms with Crippen LogP contribution in [0.15, 0.2) is 59.1 Å². The number of rotatable bonds is 6. The van der Waals surface area contributed by atoms with Crippen LogP contribution in [-0.4, -0.2) is 5.97 Å². The van der Waals surface area contributed by atoms with Crippen molar-refractivity contribution in [1.29, 1.82) is 0 Å². The second-order valence-corrected chi connectivity index (χ2v) is 8.54. The molecule has 3 nitrogen and oxygen atoms in total. The molecule has 1 aliphatic carbocycles. The second-order valence-electron chi connectivity index (χ2n) is 7.09. The second kappa shape index (κ2) is 8.14. The smallest absolute Gasteiger partial charge is 0.310 e. The molecule has 0 aromatic heterocycles. The van der Waals surface area contributed by atoms with E-state index in [0.29, 0.717) is 16.5 Å². The van der Waals surface area contributed by atoms with Gasteiger partial charge in [0.25, 0.3) is 0 Å². The number of esters is 1. The minimum Gasteiger partial charge on any atom is -0.461 e.